The van der Waals surface area contributed by atoms with Crippen molar-refractivity contribution >= 4 is 23.2 Å². The van der Waals surface area contributed by atoms with E-state index in [4.69, 9.17) is 23.2 Å². The SMILES string of the molecule is CCCC1CCC(C2CCC(c3ccc(Cl)nc3F)CC2)CC1.CCCCC1CCC(C2CCC(c3ccc(Cl)nc3F)CC2)CC1. The molecule has 0 N–H and O–H groups in total. The molecule has 262 valence electrons. The van der Waals surface area contributed by atoms with Crippen LogP contribution in [0.5, 0.6) is 0 Å². The van der Waals surface area contributed by atoms with Crippen molar-refractivity contribution in [2.24, 2.45) is 35.5 Å². The first kappa shape index (κ1) is 37.0. The highest BCUT2D eigenvalue weighted by Gasteiger charge is 2.33. The van der Waals surface area contributed by atoms with Crippen LogP contribution in [0.1, 0.15) is 172 Å². The van der Waals surface area contributed by atoms with Gasteiger partial charge in [-0.25, -0.2) is 9.97 Å². The average Bonchev–Trinajstić information content (AvgIpc) is 3.09. The van der Waals surface area contributed by atoms with Crippen molar-refractivity contribution in [2.45, 2.75) is 161 Å². The third-order valence-corrected chi connectivity index (χ3v) is 13.3. The number of hydrogen-bond donors (Lipinski definition) is 0. The molecule has 0 atom stereocenters. The zero-order valence-electron chi connectivity index (χ0n) is 29.2. The lowest BCUT2D eigenvalue weighted by molar-refractivity contribution is 0.155. The predicted molar refractivity (Wildman–Crippen MR) is 193 cm³/mol. The molecule has 0 spiro atoms. The quantitative estimate of drug-likeness (QED) is 0.245. The standard InChI is InChI=1S/C21H31ClFN.C20H29ClFN/c1-2-3-4-15-5-7-16(8-6-15)17-9-11-18(12-10-17)19-13-14-20(22)24-21(19)23;1-2-3-14-4-6-15(7-5-14)16-8-10-17(11-9-16)18-12-13-19(21)23-20(18)22/h13-18H,2-12H2,1H3;12-17H,2-11H2,1H3. The Kier molecular flexibility index (Phi) is 14.7. The largest absolute Gasteiger partial charge is 0.217 e. The van der Waals surface area contributed by atoms with Crippen LogP contribution >= 0.6 is 23.2 Å². The van der Waals surface area contributed by atoms with Crippen molar-refractivity contribution in [2.75, 3.05) is 0 Å². The number of nitrogens with zero attached hydrogens (tertiary/aromatic N) is 2. The van der Waals surface area contributed by atoms with Gasteiger partial charge in [-0.05, 0) is 137 Å². The van der Waals surface area contributed by atoms with Crippen molar-refractivity contribution in [3.05, 3.63) is 57.6 Å². The Bertz CT molecular complexity index is 1210. The summed E-state index contributed by atoms with van der Waals surface area (Å²) in [5, 5.41) is 0.508. The predicted octanol–water partition coefficient (Wildman–Crippen LogP) is 13.9. The van der Waals surface area contributed by atoms with E-state index in [2.05, 4.69) is 23.8 Å². The van der Waals surface area contributed by atoms with E-state index in [1.807, 2.05) is 12.1 Å². The van der Waals surface area contributed by atoms with Crippen LogP contribution in [0.15, 0.2) is 24.3 Å². The zero-order valence-corrected chi connectivity index (χ0v) is 30.7. The molecule has 6 rings (SSSR count). The molecule has 2 nitrogen and oxygen atoms in total. The Morgan fingerprint density at radius 3 is 1.21 bits per heavy atom. The minimum atomic E-state index is -0.360. The molecule has 0 unspecified atom stereocenters. The van der Waals surface area contributed by atoms with E-state index in [-0.39, 0.29) is 22.2 Å². The van der Waals surface area contributed by atoms with Gasteiger partial charge in [-0.2, -0.15) is 8.78 Å². The maximum absolute atomic E-state index is 14.0. The second-order valence-electron chi connectivity index (χ2n) is 15.7. The van der Waals surface area contributed by atoms with Crippen molar-refractivity contribution in [3.8, 4) is 0 Å². The van der Waals surface area contributed by atoms with Crippen LogP contribution in [-0.2, 0) is 0 Å². The third kappa shape index (κ3) is 10.6. The molecule has 0 saturated heterocycles. The molecule has 2 aromatic rings. The Morgan fingerprint density at radius 1 is 0.511 bits per heavy atom. The normalized spacial score (nSPS) is 31.5. The van der Waals surface area contributed by atoms with Gasteiger partial charge in [0.1, 0.15) is 10.3 Å². The number of pyridine rings is 2. The van der Waals surface area contributed by atoms with Crippen LogP contribution in [-0.4, -0.2) is 9.97 Å². The van der Waals surface area contributed by atoms with Gasteiger partial charge in [0, 0.05) is 11.1 Å². The summed E-state index contributed by atoms with van der Waals surface area (Å²) < 4.78 is 28.0. The molecular formula is C41H60Cl2F2N2. The van der Waals surface area contributed by atoms with Crippen molar-refractivity contribution in [3.63, 3.8) is 0 Å². The molecule has 4 saturated carbocycles. The maximum Gasteiger partial charge on any atom is 0.217 e. The number of unbranched alkanes of at least 4 members (excludes halogenated alkanes) is 1. The Hall–Kier alpha value is -1.26. The molecule has 0 amide bonds. The molecule has 47 heavy (non-hydrogen) atoms. The summed E-state index contributed by atoms with van der Waals surface area (Å²) in [4.78, 5) is 7.57. The van der Waals surface area contributed by atoms with Crippen molar-refractivity contribution < 1.29 is 8.78 Å². The first-order chi connectivity index (χ1) is 22.8. The molecule has 4 aliphatic carbocycles. The summed E-state index contributed by atoms with van der Waals surface area (Å²) in [6, 6.07) is 7.13. The fraction of sp³-hybridized carbons (Fsp3) is 0.756. The van der Waals surface area contributed by atoms with E-state index in [9.17, 15) is 8.78 Å². The smallest absolute Gasteiger partial charge is 0.208 e. The number of rotatable bonds is 9. The van der Waals surface area contributed by atoms with Gasteiger partial charge in [-0.15, -0.1) is 0 Å². The molecule has 2 aromatic heterocycles. The van der Waals surface area contributed by atoms with Crippen LogP contribution in [0.4, 0.5) is 8.78 Å². The average molecular weight is 690 g/mol. The van der Waals surface area contributed by atoms with E-state index in [0.717, 1.165) is 72.3 Å². The highest BCUT2D eigenvalue weighted by atomic mass is 35.5. The van der Waals surface area contributed by atoms with E-state index < -0.39 is 0 Å². The van der Waals surface area contributed by atoms with Gasteiger partial charge < -0.3 is 0 Å². The van der Waals surface area contributed by atoms with Crippen LogP contribution in [0.25, 0.3) is 0 Å². The fourth-order valence-electron chi connectivity index (χ4n) is 10.1. The lowest BCUT2D eigenvalue weighted by Crippen LogP contribution is -2.25. The summed E-state index contributed by atoms with van der Waals surface area (Å²) in [7, 11) is 0. The molecule has 6 heteroatoms. The van der Waals surface area contributed by atoms with Crippen LogP contribution in [0.2, 0.25) is 10.3 Å². The van der Waals surface area contributed by atoms with Gasteiger partial charge in [0.05, 0.1) is 0 Å². The van der Waals surface area contributed by atoms with E-state index in [1.54, 1.807) is 12.1 Å². The highest BCUT2D eigenvalue weighted by molar-refractivity contribution is 6.29. The first-order valence-electron chi connectivity index (χ1n) is 19.5. The highest BCUT2D eigenvalue weighted by Crippen LogP contribution is 2.46. The number of hydrogen-bond acceptors (Lipinski definition) is 2. The van der Waals surface area contributed by atoms with Gasteiger partial charge in [0.2, 0.25) is 11.9 Å². The van der Waals surface area contributed by atoms with E-state index in [0.29, 0.717) is 11.8 Å². The van der Waals surface area contributed by atoms with Gasteiger partial charge in [-0.3, -0.25) is 0 Å². The third-order valence-electron chi connectivity index (χ3n) is 12.9. The molecule has 0 bridgehead atoms. The number of halogens is 4. The summed E-state index contributed by atoms with van der Waals surface area (Å²) >= 11 is 11.5. The molecule has 0 aromatic carbocycles. The van der Waals surface area contributed by atoms with Gasteiger partial charge >= 0.3 is 0 Å². The second kappa shape index (κ2) is 18.7. The Morgan fingerprint density at radius 2 is 0.872 bits per heavy atom. The minimum absolute atomic E-state index is 0.253. The zero-order chi connectivity index (χ0) is 33.2. The summed E-state index contributed by atoms with van der Waals surface area (Å²) in [5.74, 6) is 5.54. The summed E-state index contributed by atoms with van der Waals surface area (Å²) in [6.45, 7) is 4.60. The number of aromatic nitrogens is 2. The maximum atomic E-state index is 14.0. The van der Waals surface area contributed by atoms with Gasteiger partial charge in [0.15, 0.2) is 0 Å². The molecule has 0 aliphatic heterocycles. The Balaban J connectivity index is 0.000000185. The lowest BCUT2D eigenvalue weighted by Gasteiger charge is -2.38. The molecule has 2 heterocycles. The molecule has 4 aliphatic rings. The van der Waals surface area contributed by atoms with Crippen molar-refractivity contribution in [1.82, 2.24) is 9.97 Å². The lowest BCUT2D eigenvalue weighted by atomic mass is 9.68. The van der Waals surface area contributed by atoms with Gasteiger partial charge in [-0.1, -0.05) is 107 Å². The van der Waals surface area contributed by atoms with E-state index >= 15 is 0 Å². The molecular weight excluding hydrogens is 629 g/mol. The van der Waals surface area contributed by atoms with Crippen LogP contribution in [0.3, 0.4) is 0 Å². The summed E-state index contributed by atoms with van der Waals surface area (Å²) in [5.41, 5.74) is 1.56. The minimum Gasteiger partial charge on any atom is -0.208 e. The fourth-order valence-corrected chi connectivity index (χ4v) is 10.3. The van der Waals surface area contributed by atoms with Crippen LogP contribution < -0.4 is 0 Å². The molecule has 4 fully saturated rings. The van der Waals surface area contributed by atoms with Gasteiger partial charge in [0.25, 0.3) is 0 Å². The Labute approximate surface area is 294 Å². The monoisotopic (exact) mass is 688 g/mol. The molecule has 0 radical (unpaired) electrons. The topological polar surface area (TPSA) is 25.8 Å². The first-order valence-corrected chi connectivity index (χ1v) is 20.2. The van der Waals surface area contributed by atoms with Crippen LogP contribution in [0, 0.1) is 47.4 Å². The van der Waals surface area contributed by atoms with Crippen molar-refractivity contribution in [1.29, 1.82) is 0 Å². The van der Waals surface area contributed by atoms with E-state index in [1.165, 1.54) is 109 Å². The summed E-state index contributed by atoms with van der Waals surface area (Å²) in [6.07, 6.45) is 27.9. The second-order valence-corrected chi connectivity index (χ2v) is 16.5.